The predicted molar refractivity (Wildman–Crippen MR) is 76.5 cm³/mol. The Morgan fingerprint density at radius 2 is 2.12 bits per heavy atom. The minimum atomic E-state index is 0.398. The lowest BCUT2D eigenvalue weighted by atomic mass is 10.00. The van der Waals surface area contributed by atoms with E-state index in [9.17, 15) is 0 Å². The summed E-state index contributed by atoms with van der Waals surface area (Å²) < 4.78 is 0. The number of thioether (sulfide) groups is 1. The summed E-state index contributed by atoms with van der Waals surface area (Å²) >= 11 is 2.06. The molecule has 2 nitrogen and oxygen atoms in total. The Labute approximate surface area is 109 Å². The van der Waals surface area contributed by atoms with Crippen LogP contribution in [0, 0.1) is 6.92 Å². The Morgan fingerprint density at radius 3 is 2.88 bits per heavy atom. The molecule has 1 aliphatic heterocycles. The molecule has 0 aromatic heterocycles. The molecule has 1 saturated heterocycles. The Hall–Kier alpha value is -0.510. The van der Waals surface area contributed by atoms with Gasteiger partial charge in [0.1, 0.15) is 0 Å². The van der Waals surface area contributed by atoms with Crippen LogP contribution in [0.15, 0.2) is 24.3 Å². The molecule has 1 fully saturated rings. The number of rotatable bonds is 3. The molecule has 1 atom stereocenters. The van der Waals surface area contributed by atoms with Crippen molar-refractivity contribution in [3.05, 3.63) is 35.4 Å². The minimum absolute atomic E-state index is 0.398. The van der Waals surface area contributed by atoms with Crippen molar-refractivity contribution in [2.24, 2.45) is 5.73 Å². The zero-order chi connectivity index (χ0) is 12.1. The van der Waals surface area contributed by atoms with Crippen LogP contribution in [0.25, 0.3) is 0 Å². The van der Waals surface area contributed by atoms with Gasteiger partial charge in [-0.2, -0.15) is 11.8 Å². The summed E-state index contributed by atoms with van der Waals surface area (Å²) in [5.41, 5.74) is 8.77. The quantitative estimate of drug-likeness (QED) is 0.893. The van der Waals surface area contributed by atoms with Crippen LogP contribution in [0.1, 0.15) is 23.6 Å². The molecular formula is C14H22N2S. The topological polar surface area (TPSA) is 29.3 Å². The van der Waals surface area contributed by atoms with Crippen LogP contribution in [0.3, 0.4) is 0 Å². The van der Waals surface area contributed by atoms with Crippen LogP contribution in [-0.2, 0) is 0 Å². The van der Waals surface area contributed by atoms with Crippen LogP contribution in [0.4, 0.5) is 0 Å². The molecular weight excluding hydrogens is 228 g/mol. The highest BCUT2D eigenvalue weighted by Crippen LogP contribution is 2.25. The molecule has 0 amide bonds. The van der Waals surface area contributed by atoms with Gasteiger partial charge in [-0.05, 0) is 36.8 Å². The summed E-state index contributed by atoms with van der Waals surface area (Å²) in [4.78, 5) is 2.56. The lowest BCUT2D eigenvalue weighted by Crippen LogP contribution is -2.35. The molecule has 1 aliphatic rings. The van der Waals surface area contributed by atoms with Crippen LogP contribution in [-0.4, -0.2) is 36.0 Å². The van der Waals surface area contributed by atoms with Gasteiger partial charge in [0.2, 0.25) is 0 Å². The fraction of sp³-hybridized carbons (Fsp3) is 0.571. The highest BCUT2D eigenvalue weighted by molar-refractivity contribution is 7.99. The summed E-state index contributed by atoms with van der Waals surface area (Å²) in [6.45, 7) is 5.25. The van der Waals surface area contributed by atoms with Crippen molar-refractivity contribution in [3.63, 3.8) is 0 Å². The van der Waals surface area contributed by atoms with E-state index in [0.717, 1.165) is 6.54 Å². The Morgan fingerprint density at radius 1 is 1.29 bits per heavy atom. The molecule has 2 N–H and O–H groups in total. The third-order valence-corrected chi connectivity index (χ3v) is 4.52. The van der Waals surface area contributed by atoms with Gasteiger partial charge in [-0.3, -0.25) is 4.90 Å². The molecule has 3 heteroatoms. The van der Waals surface area contributed by atoms with Gasteiger partial charge in [0, 0.05) is 24.9 Å². The van der Waals surface area contributed by atoms with E-state index in [1.54, 1.807) is 0 Å². The maximum absolute atomic E-state index is 6.01. The van der Waals surface area contributed by atoms with Crippen molar-refractivity contribution in [1.29, 1.82) is 0 Å². The van der Waals surface area contributed by atoms with E-state index >= 15 is 0 Å². The number of hydrogen-bond donors (Lipinski definition) is 1. The molecule has 1 aromatic rings. The normalized spacial score (nSPS) is 19.9. The SMILES string of the molecule is Cc1ccccc1C(CN)N1CCCSCC1. The van der Waals surface area contributed by atoms with Crippen LogP contribution < -0.4 is 5.73 Å². The van der Waals surface area contributed by atoms with Gasteiger partial charge in [0.05, 0.1) is 0 Å². The third kappa shape index (κ3) is 3.24. The number of aryl methyl sites for hydroxylation is 1. The summed E-state index contributed by atoms with van der Waals surface area (Å²) in [6.07, 6.45) is 1.28. The first-order chi connectivity index (χ1) is 8.33. The van der Waals surface area contributed by atoms with Gasteiger partial charge in [0.25, 0.3) is 0 Å². The van der Waals surface area contributed by atoms with Crippen molar-refractivity contribution in [2.75, 3.05) is 31.1 Å². The van der Waals surface area contributed by atoms with E-state index in [1.807, 2.05) is 0 Å². The summed E-state index contributed by atoms with van der Waals surface area (Å²) in [5, 5.41) is 0. The van der Waals surface area contributed by atoms with Crippen LogP contribution in [0.5, 0.6) is 0 Å². The number of nitrogens with two attached hydrogens (primary N) is 1. The second-order valence-electron chi connectivity index (χ2n) is 4.61. The summed E-state index contributed by atoms with van der Waals surface area (Å²) in [6, 6.07) is 9.03. The van der Waals surface area contributed by atoms with Crippen molar-refractivity contribution in [3.8, 4) is 0 Å². The van der Waals surface area contributed by atoms with Crippen molar-refractivity contribution in [1.82, 2.24) is 4.90 Å². The second kappa shape index (κ2) is 6.43. The first-order valence-corrected chi connectivity index (χ1v) is 7.56. The Kier molecular flexibility index (Phi) is 4.89. The van der Waals surface area contributed by atoms with Crippen LogP contribution >= 0.6 is 11.8 Å². The monoisotopic (exact) mass is 250 g/mol. The maximum Gasteiger partial charge on any atom is 0.0473 e. The summed E-state index contributed by atoms with van der Waals surface area (Å²) in [7, 11) is 0. The molecule has 0 spiro atoms. The van der Waals surface area contributed by atoms with Gasteiger partial charge in [-0.15, -0.1) is 0 Å². The highest BCUT2D eigenvalue weighted by atomic mass is 32.2. The first-order valence-electron chi connectivity index (χ1n) is 6.40. The molecule has 0 bridgehead atoms. The third-order valence-electron chi connectivity index (χ3n) is 3.47. The van der Waals surface area contributed by atoms with E-state index in [0.29, 0.717) is 6.04 Å². The molecule has 2 rings (SSSR count). The van der Waals surface area contributed by atoms with Crippen molar-refractivity contribution in [2.45, 2.75) is 19.4 Å². The van der Waals surface area contributed by atoms with Gasteiger partial charge >= 0.3 is 0 Å². The number of hydrogen-bond acceptors (Lipinski definition) is 3. The maximum atomic E-state index is 6.01. The molecule has 1 unspecified atom stereocenters. The largest absolute Gasteiger partial charge is 0.329 e. The smallest absolute Gasteiger partial charge is 0.0473 e. The molecule has 0 saturated carbocycles. The lowest BCUT2D eigenvalue weighted by molar-refractivity contribution is 0.217. The Balaban J connectivity index is 2.17. The van der Waals surface area contributed by atoms with E-state index in [2.05, 4.69) is 47.9 Å². The average molecular weight is 250 g/mol. The van der Waals surface area contributed by atoms with E-state index in [1.165, 1.54) is 42.1 Å². The fourth-order valence-corrected chi connectivity index (χ4v) is 3.41. The minimum Gasteiger partial charge on any atom is -0.329 e. The predicted octanol–water partition coefficient (Wildman–Crippen LogP) is 2.43. The lowest BCUT2D eigenvalue weighted by Gasteiger charge is -2.30. The van der Waals surface area contributed by atoms with Gasteiger partial charge in [0.15, 0.2) is 0 Å². The zero-order valence-electron chi connectivity index (χ0n) is 10.6. The fourth-order valence-electron chi connectivity index (χ4n) is 2.51. The molecule has 0 aliphatic carbocycles. The molecule has 17 heavy (non-hydrogen) atoms. The average Bonchev–Trinajstić information content (AvgIpc) is 2.62. The van der Waals surface area contributed by atoms with Crippen LogP contribution in [0.2, 0.25) is 0 Å². The summed E-state index contributed by atoms with van der Waals surface area (Å²) in [5.74, 6) is 2.53. The molecule has 94 valence electrons. The highest BCUT2D eigenvalue weighted by Gasteiger charge is 2.21. The van der Waals surface area contributed by atoms with Crippen molar-refractivity contribution < 1.29 is 0 Å². The van der Waals surface area contributed by atoms with E-state index in [4.69, 9.17) is 5.73 Å². The molecule has 1 aromatic carbocycles. The first kappa shape index (κ1) is 12.9. The van der Waals surface area contributed by atoms with Gasteiger partial charge in [-0.1, -0.05) is 24.3 Å². The second-order valence-corrected chi connectivity index (χ2v) is 5.83. The van der Waals surface area contributed by atoms with Gasteiger partial charge in [-0.25, -0.2) is 0 Å². The molecule has 0 radical (unpaired) electrons. The number of nitrogens with zero attached hydrogens (tertiary/aromatic N) is 1. The number of benzene rings is 1. The standard InChI is InChI=1S/C14H22N2S/c1-12-5-2-3-6-13(12)14(11-15)16-7-4-9-17-10-8-16/h2-3,5-6,14H,4,7-11,15H2,1H3. The molecule has 1 heterocycles. The van der Waals surface area contributed by atoms with Gasteiger partial charge < -0.3 is 5.73 Å². The Bertz CT molecular complexity index is 346. The van der Waals surface area contributed by atoms with E-state index < -0.39 is 0 Å². The zero-order valence-corrected chi connectivity index (χ0v) is 11.4. The van der Waals surface area contributed by atoms with E-state index in [-0.39, 0.29) is 0 Å². The van der Waals surface area contributed by atoms with Crippen molar-refractivity contribution >= 4 is 11.8 Å².